The zero-order valence-electron chi connectivity index (χ0n) is 23.7. The maximum atomic E-state index is 13.2. The lowest BCUT2D eigenvalue weighted by Gasteiger charge is -2.37. The van der Waals surface area contributed by atoms with E-state index < -0.39 is 0 Å². The van der Waals surface area contributed by atoms with Gasteiger partial charge in [0.2, 0.25) is 11.8 Å². The molecule has 1 heterocycles. The summed E-state index contributed by atoms with van der Waals surface area (Å²) in [5.41, 5.74) is 1.33. The van der Waals surface area contributed by atoms with Crippen LogP contribution in [-0.4, -0.2) is 65.3 Å². The van der Waals surface area contributed by atoms with E-state index in [4.69, 9.17) is 0 Å². The number of nitrogens with zero attached hydrogens (tertiary/aromatic N) is 3. The predicted octanol–water partition coefficient (Wildman–Crippen LogP) is 6.80. The standard InChI is InChI=1S/C32H53N3O2/c1-2-3-4-5-6-7-8-9-16-21-32(37)35(30-19-14-11-15-20-30)23-22-31(36)34-26-24-33(25-27-34)28-29-17-12-10-13-18-29/h10,12-13,17-18,30H,2-9,11,14-16,19-28H2,1H3. The Morgan fingerprint density at radius 3 is 2.05 bits per heavy atom. The topological polar surface area (TPSA) is 43.9 Å². The van der Waals surface area contributed by atoms with E-state index in [2.05, 4.69) is 47.1 Å². The van der Waals surface area contributed by atoms with Gasteiger partial charge in [-0.2, -0.15) is 0 Å². The van der Waals surface area contributed by atoms with Crippen molar-refractivity contribution in [3.63, 3.8) is 0 Å². The van der Waals surface area contributed by atoms with Crippen molar-refractivity contribution in [2.24, 2.45) is 0 Å². The Kier molecular flexibility index (Phi) is 14.1. The molecular weight excluding hydrogens is 458 g/mol. The van der Waals surface area contributed by atoms with E-state index in [0.717, 1.165) is 58.4 Å². The molecule has 3 rings (SSSR count). The number of benzene rings is 1. The number of hydrogen-bond acceptors (Lipinski definition) is 3. The second-order valence-electron chi connectivity index (χ2n) is 11.3. The molecule has 0 bridgehead atoms. The van der Waals surface area contributed by atoms with Gasteiger partial charge in [-0.15, -0.1) is 0 Å². The van der Waals surface area contributed by atoms with Crippen LogP contribution in [0, 0.1) is 0 Å². The van der Waals surface area contributed by atoms with Gasteiger partial charge in [0.05, 0.1) is 0 Å². The van der Waals surface area contributed by atoms with E-state index in [1.54, 1.807) is 0 Å². The van der Waals surface area contributed by atoms with Crippen molar-refractivity contribution in [1.82, 2.24) is 14.7 Å². The molecule has 1 aliphatic carbocycles. The summed E-state index contributed by atoms with van der Waals surface area (Å²) in [5.74, 6) is 0.506. The number of piperazine rings is 1. The van der Waals surface area contributed by atoms with E-state index in [1.807, 2.05) is 4.90 Å². The van der Waals surface area contributed by atoms with E-state index in [0.29, 0.717) is 25.4 Å². The Morgan fingerprint density at radius 1 is 0.784 bits per heavy atom. The monoisotopic (exact) mass is 511 g/mol. The van der Waals surface area contributed by atoms with Crippen molar-refractivity contribution in [3.05, 3.63) is 35.9 Å². The minimum absolute atomic E-state index is 0.219. The summed E-state index contributed by atoms with van der Waals surface area (Å²) in [6.45, 7) is 7.24. The summed E-state index contributed by atoms with van der Waals surface area (Å²) in [7, 11) is 0. The van der Waals surface area contributed by atoms with Crippen LogP contribution in [0.15, 0.2) is 30.3 Å². The highest BCUT2D eigenvalue weighted by atomic mass is 16.2. The van der Waals surface area contributed by atoms with Crippen molar-refractivity contribution in [1.29, 1.82) is 0 Å². The van der Waals surface area contributed by atoms with Gasteiger partial charge in [-0.05, 0) is 24.8 Å². The quantitative estimate of drug-likeness (QED) is 0.229. The molecule has 0 radical (unpaired) electrons. The third-order valence-electron chi connectivity index (χ3n) is 8.37. The lowest BCUT2D eigenvalue weighted by atomic mass is 9.93. The number of carbonyl (C=O) groups excluding carboxylic acids is 2. The minimum Gasteiger partial charge on any atom is -0.340 e. The molecular formula is C32H53N3O2. The minimum atomic E-state index is 0.219. The van der Waals surface area contributed by atoms with Crippen LogP contribution in [-0.2, 0) is 16.1 Å². The summed E-state index contributed by atoms with van der Waals surface area (Å²) in [6, 6.07) is 10.9. The molecule has 2 amide bonds. The fourth-order valence-electron chi connectivity index (χ4n) is 6.01. The Morgan fingerprint density at radius 2 is 1.41 bits per heavy atom. The normalized spacial score (nSPS) is 17.2. The highest BCUT2D eigenvalue weighted by Crippen LogP contribution is 2.24. The Labute approximate surface area is 227 Å². The van der Waals surface area contributed by atoms with Crippen LogP contribution in [0.2, 0.25) is 0 Å². The van der Waals surface area contributed by atoms with Gasteiger partial charge in [0.15, 0.2) is 0 Å². The maximum Gasteiger partial charge on any atom is 0.224 e. The van der Waals surface area contributed by atoms with Gasteiger partial charge >= 0.3 is 0 Å². The Balaban J connectivity index is 1.37. The molecule has 2 aliphatic rings. The first-order valence-electron chi connectivity index (χ1n) is 15.5. The van der Waals surface area contributed by atoms with Gasteiger partial charge in [0, 0.05) is 58.2 Å². The predicted molar refractivity (Wildman–Crippen MR) is 153 cm³/mol. The van der Waals surface area contributed by atoms with Gasteiger partial charge in [-0.25, -0.2) is 0 Å². The zero-order chi connectivity index (χ0) is 26.1. The molecule has 1 aromatic rings. The van der Waals surface area contributed by atoms with Crippen LogP contribution in [0.1, 0.15) is 115 Å². The molecule has 0 unspecified atom stereocenters. The summed E-state index contributed by atoms with van der Waals surface area (Å²) in [5, 5.41) is 0. The van der Waals surface area contributed by atoms with Crippen molar-refractivity contribution in [2.45, 2.75) is 122 Å². The fourth-order valence-corrected chi connectivity index (χ4v) is 6.01. The smallest absolute Gasteiger partial charge is 0.224 e. The SMILES string of the molecule is CCCCCCCCCCCC(=O)N(CCC(=O)N1CCN(Cc2ccccc2)CC1)C1CCCCC1. The first-order chi connectivity index (χ1) is 18.2. The zero-order valence-corrected chi connectivity index (χ0v) is 23.7. The van der Waals surface area contributed by atoms with Crippen LogP contribution in [0.3, 0.4) is 0 Å². The van der Waals surface area contributed by atoms with Crippen LogP contribution < -0.4 is 0 Å². The van der Waals surface area contributed by atoms with Gasteiger partial charge < -0.3 is 9.80 Å². The molecule has 5 heteroatoms. The Bertz CT molecular complexity index is 755. The van der Waals surface area contributed by atoms with E-state index in [1.165, 1.54) is 69.8 Å². The molecule has 0 N–H and O–H groups in total. The van der Waals surface area contributed by atoms with E-state index >= 15 is 0 Å². The van der Waals surface area contributed by atoms with Gasteiger partial charge in [0.1, 0.15) is 0 Å². The molecule has 5 nitrogen and oxygen atoms in total. The van der Waals surface area contributed by atoms with Crippen molar-refractivity contribution in [3.8, 4) is 0 Å². The second kappa shape index (κ2) is 17.6. The summed E-state index contributed by atoms with van der Waals surface area (Å²) >= 11 is 0. The van der Waals surface area contributed by atoms with Gasteiger partial charge in [-0.1, -0.05) is 108 Å². The number of rotatable bonds is 16. The number of unbranched alkanes of at least 4 members (excludes halogenated alkanes) is 8. The third kappa shape index (κ3) is 11.2. The number of hydrogen-bond donors (Lipinski definition) is 0. The summed E-state index contributed by atoms with van der Waals surface area (Å²) in [6.07, 6.45) is 18.5. The molecule has 1 aromatic carbocycles. The summed E-state index contributed by atoms with van der Waals surface area (Å²) in [4.78, 5) is 32.9. The highest BCUT2D eigenvalue weighted by molar-refractivity contribution is 5.79. The van der Waals surface area contributed by atoms with Crippen molar-refractivity contribution < 1.29 is 9.59 Å². The van der Waals surface area contributed by atoms with Crippen LogP contribution in [0.4, 0.5) is 0 Å². The molecule has 0 spiro atoms. The molecule has 208 valence electrons. The molecule has 1 saturated carbocycles. The van der Waals surface area contributed by atoms with Gasteiger partial charge in [-0.3, -0.25) is 14.5 Å². The van der Waals surface area contributed by atoms with E-state index in [-0.39, 0.29) is 11.8 Å². The first-order valence-corrected chi connectivity index (χ1v) is 15.5. The molecule has 2 fully saturated rings. The highest BCUT2D eigenvalue weighted by Gasteiger charge is 2.27. The fraction of sp³-hybridized carbons (Fsp3) is 0.750. The van der Waals surface area contributed by atoms with E-state index in [9.17, 15) is 9.59 Å². The average molecular weight is 512 g/mol. The van der Waals surface area contributed by atoms with Crippen molar-refractivity contribution in [2.75, 3.05) is 32.7 Å². The van der Waals surface area contributed by atoms with Crippen LogP contribution in [0.5, 0.6) is 0 Å². The van der Waals surface area contributed by atoms with Crippen molar-refractivity contribution >= 4 is 11.8 Å². The van der Waals surface area contributed by atoms with Crippen LogP contribution in [0.25, 0.3) is 0 Å². The lowest BCUT2D eigenvalue weighted by Crippen LogP contribution is -2.49. The average Bonchev–Trinajstić information content (AvgIpc) is 2.93. The molecule has 37 heavy (non-hydrogen) atoms. The molecule has 1 aliphatic heterocycles. The van der Waals surface area contributed by atoms with Gasteiger partial charge in [0.25, 0.3) is 0 Å². The largest absolute Gasteiger partial charge is 0.340 e. The Hall–Kier alpha value is -1.88. The molecule has 0 atom stereocenters. The summed E-state index contributed by atoms with van der Waals surface area (Å²) < 4.78 is 0. The third-order valence-corrected chi connectivity index (χ3v) is 8.37. The lowest BCUT2D eigenvalue weighted by molar-refractivity contribution is -0.137. The molecule has 0 aromatic heterocycles. The number of carbonyl (C=O) groups is 2. The molecule has 1 saturated heterocycles. The second-order valence-corrected chi connectivity index (χ2v) is 11.3. The maximum absolute atomic E-state index is 13.2. The van der Waals surface area contributed by atoms with Crippen LogP contribution >= 0.6 is 0 Å². The first kappa shape index (κ1) is 29.7. The number of amides is 2.